The molecule has 2 N–H and O–H groups in total. The number of aromatic amines is 1. The van der Waals surface area contributed by atoms with E-state index in [1.165, 1.54) is 62.1 Å². The third-order valence-corrected chi connectivity index (χ3v) is 5.58. The average molecular weight is 316 g/mol. The third kappa shape index (κ3) is 3.42. The van der Waals surface area contributed by atoms with Crippen LogP contribution >= 0.6 is 11.3 Å². The van der Waals surface area contributed by atoms with Gasteiger partial charge < -0.3 is 5.32 Å². The maximum Gasteiger partial charge on any atom is 0.0703 e. The summed E-state index contributed by atoms with van der Waals surface area (Å²) in [5.41, 5.74) is 3.77. The molecular weight excluding hydrogens is 292 g/mol. The quantitative estimate of drug-likeness (QED) is 0.860. The van der Waals surface area contributed by atoms with Crippen molar-refractivity contribution >= 4 is 11.3 Å². The molecule has 5 heteroatoms. The van der Waals surface area contributed by atoms with E-state index in [9.17, 15) is 0 Å². The lowest BCUT2D eigenvalue weighted by molar-refractivity contribution is 0.190. The van der Waals surface area contributed by atoms with E-state index in [1.54, 1.807) is 11.3 Å². The summed E-state index contributed by atoms with van der Waals surface area (Å²) in [7, 11) is 0. The average Bonchev–Trinajstić information content (AvgIpc) is 3.01. The van der Waals surface area contributed by atoms with Gasteiger partial charge in [-0.1, -0.05) is 0 Å². The van der Waals surface area contributed by atoms with Gasteiger partial charge >= 0.3 is 0 Å². The van der Waals surface area contributed by atoms with Crippen LogP contribution in [-0.4, -0.2) is 40.8 Å². The molecule has 4 rings (SSSR count). The number of thiophene rings is 1. The summed E-state index contributed by atoms with van der Waals surface area (Å²) >= 11 is 1.74. The zero-order valence-electron chi connectivity index (χ0n) is 12.9. The van der Waals surface area contributed by atoms with Gasteiger partial charge in [0, 0.05) is 29.1 Å². The van der Waals surface area contributed by atoms with Crippen LogP contribution in [0.25, 0.3) is 11.3 Å². The molecule has 0 bridgehead atoms. The van der Waals surface area contributed by atoms with Gasteiger partial charge in [0.25, 0.3) is 0 Å². The zero-order valence-corrected chi connectivity index (χ0v) is 13.7. The molecule has 1 aliphatic heterocycles. The summed E-state index contributed by atoms with van der Waals surface area (Å²) in [5, 5.41) is 15.5. The molecule has 2 aromatic heterocycles. The SMILES string of the molecule is c1cc(-c2[nH]ncc2CN2CCC(NCC3CC3)CC2)cs1. The number of rotatable bonds is 6. The van der Waals surface area contributed by atoms with Gasteiger partial charge in [-0.05, 0) is 62.7 Å². The van der Waals surface area contributed by atoms with E-state index < -0.39 is 0 Å². The highest BCUT2D eigenvalue weighted by atomic mass is 32.1. The Morgan fingerprint density at radius 1 is 1.27 bits per heavy atom. The molecule has 3 heterocycles. The van der Waals surface area contributed by atoms with Crippen LogP contribution in [0.4, 0.5) is 0 Å². The number of hydrogen-bond donors (Lipinski definition) is 2. The Morgan fingerprint density at radius 2 is 2.14 bits per heavy atom. The molecule has 0 atom stereocenters. The second kappa shape index (κ2) is 6.52. The lowest BCUT2D eigenvalue weighted by Crippen LogP contribution is -2.42. The number of H-pyrrole nitrogens is 1. The fraction of sp³-hybridized carbons (Fsp3) is 0.588. The van der Waals surface area contributed by atoms with E-state index in [-0.39, 0.29) is 0 Å². The first-order valence-electron chi connectivity index (χ1n) is 8.39. The molecule has 1 saturated heterocycles. The summed E-state index contributed by atoms with van der Waals surface area (Å²) in [6, 6.07) is 2.90. The molecule has 2 fully saturated rings. The largest absolute Gasteiger partial charge is 0.314 e. The number of likely N-dealkylation sites (tertiary alicyclic amines) is 1. The van der Waals surface area contributed by atoms with Crippen LogP contribution in [-0.2, 0) is 6.54 Å². The second-order valence-electron chi connectivity index (χ2n) is 6.68. The maximum absolute atomic E-state index is 4.25. The lowest BCUT2D eigenvalue weighted by atomic mass is 10.0. The van der Waals surface area contributed by atoms with Crippen molar-refractivity contribution in [1.29, 1.82) is 0 Å². The van der Waals surface area contributed by atoms with E-state index >= 15 is 0 Å². The lowest BCUT2D eigenvalue weighted by Gasteiger charge is -2.32. The Balaban J connectivity index is 1.30. The first-order chi connectivity index (χ1) is 10.9. The molecule has 0 radical (unpaired) electrons. The van der Waals surface area contributed by atoms with Gasteiger partial charge in [0.1, 0.15) is 0 Å². The van der Waals surface area contributed by atoms with Gasteiger partial charge in [-0.25, -0.2) is 0 Å². The van der Waals surface area contributed by atoms with Crippen LogP contribution in [0.1, 0.15) is 31.2 Å². The molecule has 0 aromatic carbocycles. The van der Waals surface area contributed by atoms with E-state index in [1.807, 2.05) is 6.20 Å². The normalized spacial score (nSPS) is 20.5. The number of nitrogens with one attached hydrogen (secondary N) is 2. The predicted octanol–water partition coefficient (Wildman–Crippen LogP) is 3.10. The maximum atomic E-state index is 4.25. The molecule has 22 heavy (non-hydrogen) atoms. The molecule has 0 spiro atoms. The number of hydrogen-bond acceptors (Lipinski definition) is 4. The fourth-order valence-electron chi connectivity index (χ4n) is 3.28. The molecule has 2 aliphatic rings. The van der Waals surface area contributed by atoms with Crippen molar-refractivity contribution in [3.8, 4) is 11.3 Å². The number of aromatic nitrogens is 2. The van der Waals surface area contributed by atoms with Gasteiger partial charge in [-0.2, -0.15) is 16.4 Å². The first-order valence-corrected chi connectivity index (χ1v) is 9.33. The Hall–Kier alpha value is -1.17. The van der Waals surface area contributed by atoms with Crippen LogP contribution in [0.5, 0.6) is 0 Å². The monoisotopic (exact) mass is 316 g/mol. The summed E-state index contributed by atoms with van der Waals surface area (Å²) < 4.78 is 0. The van der Waals surface area contributed by atoms with E-state index in [2.05, 4.69) is 37.2 Å². The Labute approximate surface area is 135 Å². The van der Waals surface area contributed by atoms with Gasteiger partial charge in [-0.3, -0.25) is 10.00 Å². The molecule has 118 valence electrons. The van der Waals surface area contributed by atoms with E-state index in [0.717, 1.165) is 18.5 Å². The standard InChI is InChI=1S/C17H24N4S/c1-2-13(1)9-18-16-3-6-21(7-4-16)11-15-10-19-20-17(15)14-5-8-22-12-14/h5,8,10,12-13,16,18H,1-4,6-7,9,11H2,(H,19,20). The summed E-state index contributed by atoms with van der Waals surface area (Å²) in [4.78, 5) is 2.57. The highest BCUT2D eigenvalue weighted by Gasteiger charge is 2.24. The smallest absolute Gasteiger partial charge is 0.0703 e. The molecule has 4 nitrogen and oxygen atoms in total. The van der Waals surface area contributed by atoms with Crippen LogP contribution in [0.15, 0.2) is 23.0 Å². The fourth-order valence-corrected chi connectivity index (χ4v) is 3.93. The predicted molar refractivity (Wildman–Crippen MR) is 90.9 cm³/mol. The van der Waals surface area contributed by atoms with Crippen molar-refractivity contribution in [2.24, 2.45) is 5.92 Å². The zero-order chi connectivity index (χ0) is 14.8. The second-order valence-corrected chi connectivity index (χ2v) is 7.46. The van der Waals surface area contributed by atoms with E-state index in [4.69, 9.17) is 0 Å². The topological polar surface area (TPSA) is 44.0 Å². The van der Waals surface area contributed by atoms with Crippen LogP contribution in [0.3, 0.4) is 0 Å². The van der Waals surface area contributed by atoms with Gasteiger partial charge in [0.15, 0.2) is 0 Å². The highest BCUT2D eigenvalue weighted by Crippen LogP contribution is 2.28. The minimum Gasteiger partial charge on any atom is -0.314 e. The molecule has 0 unspecified atom stereocenters. The number of piperidine rings is 1. The van der Waals surface area contributed by atoms with Gasteiger partial charge in [0.2, 0.25) is 0 Å². The van der Waals surface area contributed by atoms with Crippen molar-refractivity contribution in [1.82, 2.24) is 20.4 Å². The van der Waals surface area contributed by atoms with Crippen LogP contribution in [0.2, 0.25) is 0 Å². The minimum absolute atomic E-state index is 0.734. The Bertz CT molecular complexity index is 580. The summed E-state index contributed by atoms with van der Waals surface area (Å²) in [5.74, 6) is 0.983. The number of nitrogens with zero attached hydrogens (tertiary/aromatic N) is 2. The van der Waals surface area contributed by atoms with Crippen LogP contribution < -0.4 is 5.32 Å². The summed E-state index contributed by atoms with van der Waals surface area (Å²) in [6.07, 6.45) is 7.43. The molecular formula is C17H24N4S. The minimum atomic E-state index is 0.734. The van der Waals surface area contributed by atoms with Gasteiger partial charge in [-0.15, -0.1) is 0 Å². The van der Waals surface area contributed by atoms with Crippen LogP contribution in [0, 0.1) is 5.92 Å². The van der Waals surface area contributed by atoms with Crippen molar-refractivity contribution in [3.63, 3.8) is 0 Å². The summed E-state index contributed by atoms with van der Waals surface area (Å²) in [6.45, 7) is 4.64. The Kier molecular flexibility index (Phi) is 4.28. The van der Waals surface area contributed by atoms with E-state index in [0.29, 0.717) is 0 Å². The van der Waals surface area contributed by atoms with Crippen molar-refractivity contribution < 1.29 is 0 Å². The Morgan fingerprint density at radius 3 is 2.86 bits per heavy atom. The molecule has 2 aromatic rings. The van der Waals surface area contributed by atoms with Crippen molar-refractivity contribution in [2.75, 3.05) is 19.6 Å². The van der Waals surface area contributed by atoms with Gasteiger partial charge in [0.05, 0.1) is 11.9 Å². The van der Waals surface area contributed by atoms with Crippen molar-refractivity contribution in [2.45, 2.75) is 38.3 Å². The molecule has 1 aliphatic carbocycles. The molecule has 1 saturated carbocycles. The highest BCUT2D eigenvalue weighted by molar-refractivity contribution is 7.08. The molecule has 0 amide bonds. The third-order valence-electron chi connectivity index (χ3n) is 4.90. The van der Waals surface area contributed by atoms with Crippen molar-refractivity contribution in [3.05, 3.63) is 28.6 Å². The first kappa shape index (κ1) is 14.4.